The molecule has 1 aromatic heterocycles. The smallest absolute Gasteiger partial charge is 0.251 e. The fourth-order valence-corrected chi connectivity index (χ4v) is 2.26. The summed E-state index contributed by atoms with van der Waals surface area (Å²) < 4.78 is 1.87. The van der Waals surface area contributed by atoms with E-state index in [1.54, 1.807) is 12.1 Å². The zero-order valence-corrected chi connectivity index (χ0v) is 12.8. The van der Waals surface area contributed by atoms with E-state index in [1.807, 2.05) is 17.7 Å². The summed E-state index contributed by atoms with van der Waals surface area (Å²) in [7, 11) is 0. The number of rotatable bonds is 5. The number of carbonyl (C=O) groups excluding carboxylic acids is 1. The van der Waals surface area contributed by atoms with Crippen molar-refractivity contribution in [2.75, 3.05) is 12.3 Å². The van der Waals surface area contributed by atoms with Crippen LogP contribution in [-0.4, -0.2) is 22.2 Å². The van der Waals surface area contributed by atoms with Gasteiger partial charge in [-0.2, -0.15) is 5.10 Å². The number of aryl methyl sites for hydroxylation is 2. The van der Waals surface area contributed by atoms with Gasteiger partial charge in [-0.05, 0) is 44.0 Å². The molecule has 0 atom stereocenters. The van der Waals surface area contributed by atoms with Gasteiger partial charge in [0.05, 0.1) is 17.1 Å². The molecule has 1 heterocycles. The van der Waals surface area contributed by atoms with Crippen molar-refractivity contribution in [3.8, 4) is 5.69 Å². The van der Waals surface area contributed by atoms with Gasteiger partial charge in [0.25, 0.3) is 5.91 Å². The van der Waals surface area contributed by atoms with Crippen molar-refractivity contribution in [3.05, 3.63) is 41.2 Å². The second kappa shape index (κ2) is 6.43. The third kappa shape index (κ3) is 3.07. The SMILES string of the molecule is CCNC(=O)c1ccc(-n2nc(CC)cc2CC)c(N)c1. The van der Waals surface area contributed by atoms with Crippen LogP contribution in [-0.2, 0) is 12.8 Å². The zero-order valence-electron chi connectivity index (χ0n) is 12.8. The maximum Gasteiger partial charge on any atom is 0.251 e. The highest BCUT2D eigenvalue weighted by atomic mass is 16.1. The Kier molecular flexibility index (Phi) is 4.62. The Balaban J connectivity index is 2.41. The monoisotopic (exact) mass is 286 g/mol. The first kappa shape index (κ1) is 15.1. The molecule has 1 aromatic carbocycles. The topological polar surface area (TPSA) is 72.9 Å². The van der Waals surface area contributed by atoms with Crippen LogP contribution in [0.5, 0.6) is 0 Å². The summed E-state index contributed by atoms with van der Waals surface area (Å²) in [6.45, 7) is 6.65. The Labute approximate surface area is 125 Å². The lowest BCUT2D eigenvalue weighted by atomic mass is 10.1. The summed E-state index contributed by atoms with van der Waals surface area (Å²) in [4.78, 5) is 11.8. The average molecular weight is 286 g/mol. The zero-order chi connectivity index (χ0) is 15.4. The van der Waals surface area contributed by atoms with Crippen LogP contribution in [0.1, 0.15) is 42.5 Å². The largest absolute Gasteiger partial charge is 0.397 e. The van der Waals surface area contributed by atoms with Crippen LogP contribution in [0.4, 0.5) is 5.69 Å². The first-order valence-electron chi connectivity index (χ1n) is 7.36. The number of hydrogen-bond donors (Lipinski definition) is 2. The van der Waals surface area contributed by atoms with E-state index in [0.717, 1.165) is 29.9 Å². The van der Waals surface area contributed by atoms with Crippen molar-refractivity contribution in [2.45, 2.75) is 33.6 Å². The third-order valence-corrected chi connectivity index (χ3v) is 3.41. The number of aromatic nitrogens is 2. The lowest BCUT2D eigenvalue weighted by Gasteiger charge is -2.11. The van der Waals surface area contributed by atoms with Gasteiger partial charge < -0.3 is 11.1 Å². The molecule has 0 aliphatic carbocycles. The number of nitrogens with one attached hydrogen (secondary N) is 1. The van der Waals surface area contributed by atoms with Crippen molar-refractivity contribution >= 4 is 11.6 Å². The van der Waals surface area contributed by atoms with Crippen LogP contribution in [0.2, 0.25) is 0 Å². The first-order chi connectivity index (χ1) is 10.1. The van der Waals surface area contributed by atoms with Gasteiger partial charge in [0, 0.05) is 17.8 Å². The summed E-state index contributed by atoms with van der Waals surface area (Å²) in [6, 6.07) is 7.43. The summed E-state index contributed by atoms with van der Waals surface area (Å²) in [5.74, 6) is -0.110. The molecule has 21 heavy (non-hydrogen) atoms. The number of amides is 1. The fraction of sp³-hybridized carbons (Fsp3) is 0.375. The highest BCUT2D eigenvalue weighted by molar-refractivity contribution is 5.95. The molecule has 0 radical (unpaired) electrons. The predicted molar refractivity (Wildman–Crippen MR) is 84.7 cm³/mol. The number of hydrogen-bond acceptors (Lipinski definition) is 3. The minimum atomic E-state index is -0.110. The minimum absolute atomic E-state index is 0.110. The van der Waals surface area contributed by atoms with Gasteiger partial charge in [0.2, 0.25) is 0 Å². The van der Waals surface area contributed by atoms with Gasteiger partial charge in [0.1, 0.15) is 0 Å². The van der Waals surface area contributed by atoms with Crippen molar-refractivity contribution in [1.29, 1.82) is 0 Å². The molecule has 0 bridgehead atoms. The Hall–Kier alpha value is -2.30. The van der Waals surface area contributed by atoms with Crippen LogP contribution in [0, 0.1) is 0 Å². The van der Waals surface area contributed by atoms with Gasteiger partial charge in [0.15, 0.2) is 0 Å². The van der Waals surface area contributed by atoms with Gasteiger partial charge >= 0.3 is 0 Å². The highest BCUT2D eigenvalue weighted by Crippen LogP contribution is 2.21. The number of carbonyl (C=O) groups is 1. The van der Waals surface area contributed by atoms with Crippen LogP contribution in [0.15, 0.2) is 24.3 Å². The van der Waals surface area contributed by atoms with Gasteiger partial charge in [-0.1, -0.05) is 13.8 Å². The Morgan fingerprint density at radius 2 is 2.00 bits per heavy atom. The van der Waals surface area contributed by atoms with Gasteiger partial charge in [-0.3, -0.25) is 4.79 Å². The number of anilines is 1. The lowest BCUT2D eigenvalue weighted by Crippen LogP contribution is -2.22. The predicted octanol–water partition coefficient (Wildman–Crippen LogP) is 2.33. The fourth-order valence-electron chi connectivity index (χ4n) is 2.26. The molecule has 5 nitrogen and oxygen atoms in total. The normalized spacial score (nSPS) is 10.6. The maximum atomic E-state index is 11.8. The van der Waals surface area contributed by atoms with Crippen LogP contribution in [0.3, 0.4) is 0 Å². The number of nitrogens with two attached hydrogens (primary N) is 1. The van der Waals surface area contributed by atoms with Crippen LogP contribution < -0.4 is 11.1 Å². The molecule has 0 aliphatic rings. The molecule has 0 aliphatic heterocycles. The molecule has 0 spiro atoms. The molecular formula is C16H22N4O. The summed E-state index contributed by atoms with van der Waals surface area (Å²) >= 11 is 0. The van der Waals surface area contributed by atoms with E-state index in [-0.39, 0.29) is 5.91 Å². The maximum absolute atomic E-state index is 11.8. The molecule has 0 saturated carbocycles. The molecule has 2 aromatic rings. The second-order valence-electron chi connectivity index (χ2n) is 4.88. The second-order valence-corrected chi connectivity index (χ2v) is 4.88. The Morgan fingerprint density at radius 1 is 1.24 bits per heavy atom. The number of benzene rings is 1. The van der Waals surface area contributed by atoms with Crippen molar-refractivity contribution in [1.82, 2.24) is 15.1 Å². The van der Waals surface area contributed by atoms with E-state index in [9.17, 15) is 4.79 Å². The van der Waals surface area contributed by atoms with Gasteiger partial charge in [-0.25, -0.2) is 4.68 Å². The summed E-state index contributed by atoms with van der Waals surface area (Å²) in [6.07, 6.45) is 1.77. The molecular weight excluding hydrogens is 264 g/mol. The van der Waals surface area contributed by atoms with Crippen LogP contribution in [0.25, 0.3) is 5.69 Å². The van der Waals surface area contributed by atoms with Crippen molar-refractivity contribution in [2.24, 2.45) is 0 Å². The van der Waals surface area contributed by atoms with Crippen LogP contribution >= 0.6 is 0 Å². The molecule has 0 fully saturated rings. The first-order valence-corrected chi connectivity index (χ1v) is 7.36. The van der Waals surface area contributed by atoms with E-state index in [0.29, 0.717) is 17.8 Å². The molecule has 0 unspecified atom stereocenters. The highest BCUT2D eigenvalue weighted by Gasteiger charge is 2.12. The van der Waals surface area contributed by atoms with E-state index >= 15 is 0 Å². The standard InChI is InChI=1S/C16H22N4O/c1-4-12-10-13(5-2)20(19-12)15-8-7-11(9-14(15)17)16(21)18-6-3/h7-10H,4-6,17H2,1-3H3,(H,18,21). The Bertz CT molecular complexity index is 646. The number of nitrogens with zero attached hydrogens (tertiary/aromatic N) is 2. The summed E-state index contributed by atoms with van der Waals surface area (Å²) in [5, 5.41) is 7.34. The van der Waals surface area contributed by atoms with E-state index < -0.39 is 0 Å². The molecule has 1 amide bonds. The summed E-state index contributed by atoms with van der Waals surface area (Å²) in [5.41, 5.74) is 10.2. The average Bonchev–Trinajstić information content (AvgIpc) is 2.90. The van der Waals surface area contributed by atoms with Crippen molar-refractivity contribution < 1.29 is 4.79 Å². The molecule has 0 saturated heterocycles. The molecule has 112 valence electrons. The van der Waals surface area contributed by atoms with Crippen molar-refractivity contribution in [3.63, 3.8) is 0 Å². The van der Waals surface area contributed by atoms with E-state index in [4.69, 9.17) is 5.73 Å². The van der Waals surface area contributed by atoms with E-state index in [1.165, 1.54) is 0 Å². The molecule has 5 heteroatoms. The quantitative estimate of drug-likeness (QED) is 0.829. The van der Waals surface area contributed by atoms with E-state index in [2.05, 4.69) is 30.3 Å². The molecule has 3 N–H and O–H groups in total. The Morgan fingerprint density at radius 3 is 2.57 bits per heavy atom. The number of nitrogen functional groups attached to an aromatic ring is 1. The third-order valence-electron chi connectivity index (χ3n) is 3.41. The molecule has 2 rings (SSSR count). The minimum Gasteiger partial charge on any atom is -0.397 e. The van der Waals surface area contributed by atoms with Gasteiger partial charge in [-0.15, -0.1) is 0 Å². The lowest BCUT2D eigenvalue weighted by molar-refractivity contribution is 0.0956.